The molecule has 0 radical (unpaired) electrons. The van der Waals surface area contributed by atoms with E-state index in [4.69, 9.17) is 9.84 Å². The first-order valence-electron chi connectivity index (χ1n) is 6.64. The fourth-order valence-electron chi connectivity index (χ4n) is 1.72. The minimum atomic E-state index is -0.105. The highest BCUT2D eigenvalue weighted by Gasteiger charge is 1.99. The SMILES string of the molecule is CCCCCCOCc1ccccc1C#CCO. The van der Waals surface area contributed by atoms with E-state index in [-0.39, 0.29) is 6.61 Å². The molecule has 2 nitrogen and oxygen atoms in total. The molecule has 2 heteroatoms. The molecule has 1 rings (SSSR count). The topological polar surface area (TPSA) is 29.5 Å². The first-order valence-corrected chi connectivity index (χ1v) is 6.64. The lowest BCUT2D eigenvalue weighted by Crippen LogP contribution is -1.98. The second kappa shape index (κ2) is 9.70. The zero-order valence-corrected chi connectivity index (χ0v) is 11.1. The van der Waals surface area contributed by atoms with Crippen molar-refractivity contribution < 1.29 is 9.84 Å². The molecule has 0 aliphatic rings. The molecule has 0 bridgehead atoms. The van der Waals surface area contributed by atoms with E-state index in [1.54, 1.807) is 0 Å². The van der Waals surface area contributed by atoms with E-state index in [2.05, 4.69) is 18.8 Å². The Morgan fingerprint density at radius 1 is 1.17 bits per heavy atom. The van der Waals surface area contributed by atoms with Crippen molar-refractivity contribution in [2.24, 2.45) is 0 Å². The molecule has 0 aromatic heterocycles. The Morgan fingerprint density at radius 3 is 2.78 bits per heavy atom. The van der Waals surface area contributed by atoms with Gasteiger partial charge in [-0.1, -0.05) is 56.2 Å². The van der Waals surface area contributed by atoms with Crippen LogP contribution in [-0.4, -0.2) is 18.3 Å². The smallest absolute Gasteiger partial charge is 0.104 e. The largest absolute Gasteiger partial charge is 0.384 e. The van der Waals surface area contributed by atoms with Gasteiger partial charge in [-0.2, -0.15) is 0 Å². The first kappa shape index (κ1) is 14.8. The van der Waals surface area contributed by atoms with E-state index in [1.165, 1.54) is 19.3 Å². The second-order valence-electron chi connectivity index (χ2n) is 4.23. The molecule has 0 heterocycles. The molecular formula is C16H22O2. The predicted octanol–water partition coefficient (Wildman–Crippen LogP) is 3.13. The summed E-state index contributed by atoms with van der Waals surface area (Å²) in [6, 6.07) is 7.91. The maximum absolute atomic E-state index is 8.71. The van der Waals surface area contributed by atoms with E-state index in [0.29, 0.717) is 6.61 Å². The summed E-state index contributed by atoms with van der Waals surface area (Å²) in [6.07, 6.45) is 4.89. The summed E-state index contributed by atoms with van der Waals surface area (Å²) >= 11 is 0. The highest BCUT2D eigenvalue weighted by Crippen LogP contribution is 2.09. The summed E-state index contributed by atoms with van der Waals surface area (Å²) in [7, 11) is 0. The van der Waals surface area contributed by atoms with Crippen molar-refractivity contribution in [1.82, 2.24) is 0 Å². The molecular weight excluding hydrogens is 224 g/mol. The third-order valence-corrected chi connectivity index (χ3v) is 2.72. The van der Waals surface area contributed by atoms with Crippen LogP contribution in [0.2, 0.25) is 0 Å². The van der Waals surface area contributed by atoms with Crippen molar-refractivity contribution in [3.63, 3.8) is 0 Å². The molecule has 0 spiro atoms. The third-order valence-electron chi connectivity index (χ3n) is 2.72. The van der Waals surface area contributed by atoms with Gasteiger partial charge in [-0.3, -0.25) is 0 Å². The van der Waals surface area contributed by atoms with E-state index in [9.17, 15) is 0 Å². The first-order chi connectivity index (χ1) is 8.88. The van der Waals surface area contributed by atoms with Gasteiger partial charge in [-0.25, -0.2) is 0 Å². The van der Waals surface area contributed by atoms with Gasteiger partial charge < -0.3 is 9.84 Å². The molecule has 98 valence electrons. The van der Waals surface area contributed by atoms with Crippen LogP contribution in [0.25, 0.3) is 0 Å². The summed E-state index contributed by atoms with van der Waals surface area (Å²) in [4.78, 5) is 0. The maximum atomic E-state index is 8.71. The highest BCUT2D eigenvalue weighted by atomic mass is 16.5. The Kier molecular flexibility index (Phi) is 7.96. The summed E-state index contributed by atoms with van der Waals surface area (Å²) in [5, 5.41) is 8.71. The molecule has 0 aliphatic heterocycles. The van der Waals surface area contributed by atoms with Crippen LogP contribution in [0.4, 0.5) is 0 Å². The molecule has 0 unspecified atom stereocenters. The lowest BCUT2D eigenvalue weighted by Gasteiger charge is -2.06. The Labute approximate surface area is 110 Å². The van der Waals surface area contributed by atoms with Crippen LogP contribution in [-0.2, 0) is 11.3 Å². The highest BCUT2D eigenvalue weighted by molar-refractivity contribution is 5.40. The Hall–Kier alpha value is -1.30. The summed E-state index contributed by atoms with van der Waals surface area (Å²) in [5.41, 5.74) is 2.04. The number of ether oxygens (including phenoxy) is 1. The van der Waals surface area contributed by atoms with Crippen LogP contribution in [0.3, 0.4) is 0 Å². The number of hydrogen-bond acceptors (Lipinski definition) is 2. The van der Waals surface area contributed by atoms with Gasteiger partial charge in [-0.15, -0.1) is 0 Å². The van der Waals surface area contributed by atoms with E-state index in [1.807, 2.05) is 24.3 Å². The quantitative estimate of drug-likeness (QED) is 0.591. The molecule has 0 aliphatic carbocycles. The maximum Gasteiger partial charge on any atom is 0.104 e. The standard InChI is InChI=1S/C16H22O2/c1-2-3-4-7-13-18-14-16-10-6-5-9-15(16)11-8-12-17/h5-6,9-10,17H,2-4,7,12-14H2,1H3. The summed E-state index contributed by atoms with van der Waals surface area (Å²) in [5.74, 6) is 5.62. The van der Waals surface area contributed by atoms with E-state index >= 15 is 0 Å². The van der Waals surface area contributed by atoms with Crippen LogP contribution >= 0.6 is 0 Å². The van der Waals surface area contributed by atoms with Crippen LogP contribution in [0, 0.1) is 11.8 Å². The molecule has 1 N–H and O–H groups in total. The van der Waals surface area contributed by atoms with Gasteiger partial charge in [-0.05, 0) is 18.1 Å². The van der Waals surface area contributed by atoms with Crippen molar-refractivity contribution in [3.8, 4) is 11.8 Å². The van der Waals surface area contributed by atoms with Gasteiger partial charge in [0, 0.05) is 12.2 Å². The number of hydrogen-bond donors (Lipinski definition) is 1. The molecule has 0 saturated heterocycles. The van der Waals surface area contributed by atoms with E-state index < -0.39 is 0 Å². The van der Waals surface area contributed by atoms with Crippen molar-refractivity contribution >= 4 is 0 Å². The summed E-state index contributed by atoms with van der Waals surface area (Å²) in [6.45, 7) is 3.51. The lowest BCUT2D eigenvalue weighted by atomic mass is 10.1. The van der Waals surface area contributed by atoms with Gasteiger partial charge >= 0.3 is 0 Å². The average molecular weight is 246 g/mol. The molecule has 0 saturated carbocycles. The zero-order chi connectivity index (χ0) is 13.1. The molecule has 0 fully saturated rings. The fraction of sp³-hybridized carbons (Fsp3) is 0.500. The molecule has 1 aromatic rings. The number of benzene rings is 1. The van der Waals surface area contributed by atoms with Crippen LogP contribution in [0.5, 0.6) is 0 Å². The minimum Gasteiger partial charge on any atom is -0.384 e. The Bertz CT molecular complexity index is 388. The fourth-order valence-corrected chi connectivity index (χ4v) is 1.72. The van der Waals surface area contributed by atoms with Crippen LogP contribution in [0.15, 0.2) is 24.3 Å². The third kappa shape index (κ3) is 5.86. The number of aliphatic hydroxyl groups excluding tert-OH is 1. The molecule has 0 amide bonds. The van der Waals surface area contributed by atoms with E-state index in [0.717, 1.165) is 24.2 Å². The molecule has 0 atom stereocenters. The van der Waals surface area contributed by atoms with Gasteiger partial charge in [0.05, 0.1) is 6.61 Å². The normalized spacial score (nSPS) is 9.89. The van der Waals surface area contributed by atoms with Gasteiger partial charge in [0.2, 0.25) is 0 Å². The zero-order valence-electron chi connectivity index (χ0n) is 11.1. The Balaban J connectivity index is 2.37. The monoisotopic (exact) mass is 246 g/mol. The molecule has 1 aromatic carbocycles. The van der Waals surface area contributed by atoms with Crippen molar-refractivity contribution in [2.75, 3.05) is 13.2 Å². The van der Waals surface area contributed by atoms with Crippen LogP contribution in [0.1, 0.15) is 43.7 Å². The minimum absolute atomic E-state index is 0.105. The van der Waals surface area contributed by atoms with Crippen LogP contribution < -0.4 is 0 Å². The number of unbranched alkanes of at least 4 members (excludes halogenated alkanes) is 3. The van der Waals surface area contributed by atoms with Crippen molar-refractivity contribution in [3.05, 3.63) is 35.4 Å². The Morgan fingerprint density at radius 2 is 2.00 bits per heavy atom. The number of rotatable bonds is 7. The molecule has 18 heavy (non-hydrogen) atoms. The average Bonchev–Trinajstić information content (AvgIpc) is 2.41. The van der Waals surface area contributed by atoms with Gasteiger partial charge in [0.1, 0.15) is 6.61 Å². The number of aliphatic hydroxyl groups is 1. The predicted molar refractivity (Wildman–Crippen MR) is 74.2 cm³/mol. The van der Waals surface area contributed by atoms with Crippen molar-refractivity contribution in [2.45, 2.75) is 39.2 Å². The lowest BCUT2D eigenvalue weighted by molar-refractivity contribution is 0.116. The van der Waals surface area contributed by atoms with Gasteiger partial charge in [0.15, 0.2) is 0 Å². The second-order valence-corrected chi connectivity index (χ2v) is 4.23. The van der Waals surface area contributed by atoms with Crippen molar-refractivity contribution in [1.29, 1.82) is 0 Å². The van der Waals surface area contributed by atoms with Gasteiger partial charge in [0.25, 0.3) is 0 Å². The summed E-state index contributed by atoms with van der Waals surface area (Å²) < 4.78 is 5.66.